The van der Waals surface area contributed by atoms with Crippen LogP contribution in [0.3, 0.4) is 0 Å². The van der Waals surface area contributed by atoms with Crippen molar-refractivity contribution in [1.82, 2.24) is 5.32 Å². The van der Waals surface area contributed by atoms with Crippen molar-refractivity contribution in [2.75, 3.05) is 20.8 Å². The van der Waals surface area contributed by atoms with E-state index in [4.69, 9.17) is 14.2 Å². The van der Waals surface area contributed by atoms with E-state index in [-0.39, 0.29) is 18.6 Å². The summed E-state index contributed by atoms with van der Waals surface area (Å²) in [5.74, 6) is 1.88. The minimum atomic E-state index is -0.232. The van der Waals surface area contributed by atoms with Crippen molar-refractivity contribution in [3.63, 3.8) is 0 Å². The van der Waals surface area contributed by atoms with E-state index in [1.54, 1.807) is 14.2 Å². The first-order chi connectivity index (χ1) is 11.5. The molecule has 24 heavy (non-hydrogen) atoms. The van der Waals surface area contributed by atoms with Crippen LogP contribution in [-0.4, -0.2) is 26.7 Å². The van der Waals surface area contributed by atoms with E-state index in [0.717, 1.165) is 11.1 Å². The summed E-state index contributed by atoms with van der Waals surface area (Å²) >= 11 is 0. The van der Waals surface area contributed by atoms with E-state index in [1.807, 2.05) is 56.3 Å². The Hall–Kier alpha value is -2.69. The normalized spacial score (nSPS) is 11.5. The number of rotatable bonds is 7. The van der Waals surface area contributed by atoms with Crippen LogP contribution in [0.1, 0.15) is 24.1 Å². The summed E-state index contributed by atoms with van der Waals surface area (Å²) in [5, 5.41) is 2.90. The van der Waals surface area contributed by atoms with Gasteiger partial charge in [-0.1, -0.05) is 17.7 Å². The summed E-state index contributed by atoms with van der Waals surface area (Å²) in [6.07, 6.45) is 0. The van der Waals surface area contributed by atoms with E-state index in [0.29, 0.717) is 17.2 Å². The average Bonchev–Trinajstić information content (AvgIpc) is 2.60. The molecule has 1 amide bonds. The van der Waals surface area contributed by atoms with Crippen LogP contribution in [0, 0.1) is 6.92 Å². The van der Waals surface area contributed by atoms with Crippen LogP contribution < -0.4 is 19.5 Å². The smallest absolute Gasteiger partial charge is 0.258 e. The van der Waals surface area contributed by atoms with Gasteiger partial charge in [0.05, 0.1) is 20.3 Å². The van der Waals surface area contributed by atoms with Gasteiger partial charge in [-0.3, -0.25) is 4.79 Å². The van der Waals surface area contributed by atoms with Crippen molar-refractivity contribution < 1.29 is 19.0 Å². The summed E-state index contributed by atoms with van der Waals surface area (Å²) in [7, 11) is 3.20. The first-order valence-corrected chi connectivity index (χ1v) is 7.74. The van der Waals surface area contributed by atoms with Crippen LogP contribution in [0.2, 0.25) is 0 Å². The molecule has 0 radical (unpaired) electrons. The second kappa shape index (κ2) is 8.24. The molecule has 2 aromatic rings. The minimum Gasteiger partial charge on any atom is -0.497 e. The fraction of sp³-hybridized carbons (Fsp3) is 0.316. The molecule has 128 valence electrons. The van der Waals surface area contributed by atoms with Crippen molar-refractivity contribution in [1.29, 1.82) is 0 Å². The molecule has 0 spiro atoms. The summed E-state index contributed by atoms with van der Waals surface area (Å²) in [4.78, 5) is 12.1. The molecule has 1 N–H and O–H groups in total. The Balaban J connectivity index is 1.97. The number of hydrogen-bond acceptors (Lipinski definition) is 4. The maximum atomic E-state index is 12.1. The molecule has 0 aliphatic rings. The van der Waals surface area contributed by atoms with Gasteiger partial charge in [-0.15, -0.1) is 0 Å². The fourth-order valence-corrected chi connectivity index (χ4v) is 2.32. The monoisotopic (exact) mass is 329 g/mol. The number of hydrogen-bond donors (Lipinski definition) is 1. The predicted octanol–water partition coefficient (Wildman–Crippen LogP) is 3.27. The minimum absolute atomic E-state index is 0.0420. The average molecular weight is 329 g/mol. The molecular formula is C19H23NO4. The zero-order chi connectivity index (χ0) is 17.5. The standard InChI is InChI=1S/C19H23NO4/c1-13-5-7-15(8-6-13)24-12-19(21)20-14(2)17-11-16(22-3)9-10-18(17)23-4/h5-11,14H,12H2,1-4H3,(H,20,21). The number of amides is 1. The quantitative estimate of drug-likeness (QED) is 0.847. The maximum absolute atomic E-state index is 12.1. The highest BCUT2D eigenvalue weighted by atomic mass is 16.5. The second-order valence-electron chi connectivity index (χ2n) is 5.50. The third-order valence-electron chi connectivity index (χ3n) is 3.67. The van der Waals surface area contributed by atoms with Gasteiger partial charge >= 0.3 is 0 Å². The topological polar surface area (TPSA) is 56.8 Å². The number of carbonyl (C=O) groups is 1. The molecular weight excluding hydrogens is 306 g/mol. The molecule has 0 saturated heterocycles. The summed E-state index contributed by atoms with van der Waals surface area (Å²) in [6.45, 7) is 3.85. The highest BCUT2D eigenvalue weighted by Crippen LogP contribution is 2.29. The Morgan fingerprint density at radius 2 is 1.71 bits per heavy atom. The lowest BCUT2D eigenvalue weighted by atomic mass is 10.1. The SMILES string of the molecule is COc1ccc(OC)c(C(C)NC(=O)COc2ccc(C)cc2)c1. The fourth-order valence-electron chi connectivity index (χ4n) is 2.32. The van der Waals surface area contributed by atoms with Gasteiger partial charge in [-0.25, -0.2) is 0 Å². The summed E-state index contributed by atoms with van der Waals surface area (Å²) < 4.78 is 16.1. The molecule has 0 aromatic heterocycles. The Bertz CT molecular complexity index is 682. The zero-order valence-corrected chi connectivity index (χ0v) is 14.5. The first kappa shape index (κ1) is 17.7. The molecule has 0 saturated carbocycles. The number of carbonyl (C=O) groups excluding carboxylic acids is 1. The van der Waals surface area contributed by atoms with Crippen molar-refractivity contribution >= 4 is 5.91 Å². The van der Waals surface area contributed by atoms with E-state index in [2.05, 4.69) is 5.32 Å². The van der Waals surface area contributed by atoms with E-state index in [9.17, 15) is 4.79 Å². The van der Waals surface area contributed by atoms with E-state index in [1.165, 1.54) is 0 Å². The van der Waals surface area contributed by atoms with Crippen LogP contribution in [0.4, 0.5) is 0 Å². The molecule has 0 fully saturated rings. The van der Waals surface area contributed by atoms with Gasteiger partial charge in [0.25, 0.3) is 5.91 Å². The molecule has 0 aliphatic carbocycles. The van der Waals surface area contributed by atoms with E-state index >= 15 is 0 Å². The van der Waals surface area contributed by atoms with Gasteiger partial charge in [0.1, 0.15) is 17.2 Å². The number of benzene rings is 2. The second-order valence-corrected chi connectivity index (χ2v) is 5.50. The number of ether oxygens (including phenoxy) is 3. The number of methoxy groups -OCH3 is 2. The van der Waals surface area contributed by atoms with Crippen LogP contribution in [0.15, 0.2) is 42.5 Å². The summed E-state index contributed by atoms with van der Waals surface area (Å²) in [5.41, 5.74) is 1.99. The third-order valence-corrected chi connectivity index (χ3v) is 3.67. The highest BCUT2D eigenvalue weighted by molar-refractivity contribution is 5.78. The molecule has 0 heterocycles. The van der Waals surface area contributed by atoms with Crippen molar-refractivity contribution in [3.05, 3.63) is 53.6 Å². The molecule has 1 unspecified atom stereocenters. The lowest BCUT2D eigenvalue weighted by molar-refractivity contribution is -0.123. The third kappa shape index (κ3) is 4.65. The Labute approximate surface area is 142 Å². The molecule has 0 aliphatic heterocycles. The molecule has 2 rings (SSSR count). The van der Waals surface area contributed by atoms with Crippen LogP contribution in [0.25, 0.3) is 0 Å². The molecule has 5 heteroatoms. The van der Waals surface area contributed by atoms with Gasteiger partial charge in [-0.2, -0.15) is 0 Å². The van der Waals surface area contributed by atoms with Crippen molar-refractivity contribution in [3.8, 4) is 17.2 Å². The lowest BCUT2D eigenvalue weighted by Crippen LogP contribution is -2.31. The molecule has 2 aromatic carbocycles. The van der Waals surface area contributed by atoms with Crippen molar-refractivity contribution in [2.45, 2.75) is 19.9 Å². The van der Waals surface area contributed by atoms with Crippen molar-refractivity contribution in [2.24, 2.45) is 0 Å². The summed E-state index contributed by atoms with van der Waals surface area (Å²) in [6, 6.07) is 12.8. The van der Waals surface area contributed by atoms with Gasteiger partial charge in [0, 0.05) is 5.56 Å². The Morgan fingerprint density at radius 3 is 2.33 bits per heavy atom. The van der Waals surface area contributed by atoms with Gasteiger partial charge in [0.2, 0.25) is 0 Å². The van der Waals surface area contributed by atoms with Crippen LogP contribution in [-0.2, 0) is 4.79 Å². The highest BCUT2D eigenvalue weighted by Gasteiger charge is 2.15. The van der Waals surface area contributed by atoms with Crippen LogP contribution in [0.5, 0.6) is 17.2 Å². The molecule has 5 nitrogen and oxygen atoms in total. The maximum Gasteiger partial charge on any atom is 0.258 e. The lowest BCUT2D eigenvalue weighted by Gasteiger charge is -2.18. The van der Waals surface area contributed by atoms with E-state index < -0.39 is 0 Å². The predicted molar refractivity (Wildman–Crippen MR) is 92.8 cm³/mol. The van der Waals surface area contributed by atoms with Crippen LogP contribution >= 0.6 is 0 Å². The first-order valence-electron chi connectivity index (χ1n) is 7.74. The van der Waals surface area contributed by atoms with Gasteiger partial charge < -0.3 is 19.5 Å². The van der Waals surface area contributed by atoms with Gasteiger partial charge in [-0.05, 0) is 44.2 Å². The Morgan fingerprint density at radius 1 is 1.04 bits per heavy atom. The molecule has 0 bridgehead atoms. The largest absolute Gasteiger partial charge is 0.497 e. The van der Waals surface area contributed by atoms with Gasteiger partial charge in [0.15, 0.2) is 6.61 Å². The molecule has 1 atom stereocenters. The Kier molecular flexibility index (Phi) is 6.07. The number of aryl methyl sites for hydroxylation is 1. The zero-order valence-electron chi connectivity index (χ0n) is 14.5. The number of nitrogens with one attached hydrogen (secondary N) is 1.